The van der Waals surface area contributed by atoms with E-state index in [1.54, 1.807) is 30.3 Å². The summed E-state index contributed by atoms with van der Waals surface area (Å²) in [6.07, 6.45) is 1.38. The number of pyridine rings is 1. The van der Waals surface area contributed by atoms with E-state index in [1.165, 1.54) is 6.20 Å². The Morgan fingerprint density at radius 3 is 2.47 bits per heavy atom. The van der Waals surface area contributed by atoms with Crippen molar-refractivity contribution >= 4 is 23.2 Å². The number of halogens is 2. The average molecular weight is 240 g/mol. The molecule has 2 aromatic rings. The van der Waals surface area contributed by atoms with Crippen LogP contribution in [-0.4, -0.2) is 10.1 Å². The molecule has 0 fully saturated rings. The van der Waals surface area contributed by atoms with Gasteiger partial charge in [0, 0.05) is 10.6 Å². The fourth-order valence-corrected chi connectivity index (χ4v) is 1.75. The molecule has 0 bridgehead atoms. The molecule has 2 nitrogen and oxygen atoms in total. The van der Waals surface area contributed by atoms with Crippen LogP contribution >= 0.6 is 23.2 Å². The third-order valence-corrected chi connectivity index (χ3v) is 2.50. The quantitative estimate of drug-likeness (QED) is 0.823. The second-order valence-electron chi connectivity index (χ2n) is 3.03. The van der Waals surface area contributed by atoms with Crippen LogP contribution in [0.1, 0.15) is 0 Å². The number of nitrogens with zero attached hydrogens (tertiary/aromatic N) is 1. The molecular weight excluding hydrogens is 233 g/mol. The molecule has 1 aromatic heterocycles. The highest BCUT2D eigenvalue weighted by molar-refractivity contribution is 6.36. The molecule has 0 amide bonds. The lowest BCUT2D eigenvalue weighted by molar-refractivity contribution is 0.473. The van der Waals surface area contributed by atoms with Gasteiger partial charge in [-0.15, -0.1) is 0 Å². The summed E-state index contributed by atoms with van der Waals surface area (Å²) in [5.41, 5.74) is 1.50. The molecule has 0 saturated carbocycles. The van der Waals surface area contributed by atoms with E-state index in [0.717, 1.165) is 5.56 Å². The lowest BCUT2D eigenvalue weighted by Gasteiger charge is -2.03. The fourth-order valence-electron chi connectivity index (χ4n) is 1.24. The summed E-state index contributed by atoms with van der Waals surface area (Å²) >= 11 is 11.8. The van der Waals surface area contributed by atoms with Crippen LogP contribution in [0.2, 0.25) is 10.0 Å². The second kappa shape index (κ2) is 4.09. The summed E-state index contributed by atoms with van der Waals surface area (Å²) in [4.78, 5) is 4.06. The molecule has 0 aliphatic heterocycles. The normalized spacial score (nSPS) is 10.3. The van der Waals surface area contributed by atoms with Gasteiger partial charge in [-0.3, -0.25) is 4.98 Å². The maximum absolute atomic E-state index is 9.10. The summed E-state index contributed by atoms with van der Waals surface area (Å²) < 4.78 is 0. The zero-order valence-electron chi connectivity index (χ0n) is 7.61. The largest absolute Gasteiger partial charge is 0.506 e. The van der Waals surface area contributed by atoms with Crippen LogP contribution in [0, 0.1) is 0 Å². The topological polar surface area (TPSA) is 33.1 Å². The zero-order valence-corrected chi connectivity index (χ0v) is 9.13. The Balaban J connectivity index is 2.49. The van der Waals surface area contributed by atoms with E-state index in [9.17, 15) is 0 Å². The third kappa shape index (κ3) is 2.22. The van der Waals surface area contributed by atoms with E-state index in [2.05, 4.69) is 4.98 Å². The predicted octanol–water partition coefficient (Wildman–Crippen LogP) is 3.76. The lowest BCUT2D eigenvalue weighted by atomic mass is 10.1. The van der Waals surface area contributed by atoms with E-state index in [1.807, 2.05) is 0 Å². The van der Waals surface area contributed by atoms with Crippen molar-refractivity contribution in [1.82, 2.24) is 4.98 Å². The van der Waals surface area contributed by atoms with Gasteiger partial charge in [0.1, 0.15) is 5.75 Å². The van der Waals surface area contributed by atoms with Crippen molar-refractivity contribution in [2.24, 2.45) is 0 Å². The van der Waals surface area contributed by atoms with Crippen molar-refractivity contribution in [2.45, 2.75) is 0 Å². The number of benzene rings is 1. The molecule has 0 spiro atoms. The molecule has 1 aromatic carbocycles. The number of rotatable bonds is 1. The van der Waals surface area contributed by atoms with E-state index < -0.39 is 0 Å². The summed E-state index contributed by atoms with van der Waals surface area (Å²) in [7, 11) is 0. The molecule has 0 saturated heterocycles. The Labute approximate surface area is 97.1 Å². The van der Waals surface area contributed by atoms with E-state index >= 15 is 0 Å². The SMILES string of the molecule is Oc1ccc(-c2ccc(Cl)cc2Cl)nc1. The number of hydrogen-bond acceptors (Lipinski definition) is 2. The minimum Gasteiger partial charge on any atom is -0.506 e. The Morgan fingerprint density at radius 2 is 1.87 bits per heavy atom. The molecule has 4 heteroatoms. The molecule has 15 heavy (non-hydrogen) atoms. The molecule has 1 heterocycles. The molecule has 0 atom stereocenters. The first-order valence-electron chi connectivity index (χ1n) is 4.27. The van der Waals surface area contributed by atoms with Crippen molar-refractivity contribution in [3.05, 3.63) is 46.6 Å². The Hall–Kier alpha value is -1.25. The molecule has 0 unspecified atom stereocenters. The predicted molar refractivity (Wildman–Crippen MR) is 61.4 cm³/mol. The maximum Gasteiger partial charge on any atom is 0.133 e. The summed E-state index contributed by atoms with van der Waals surface area (Å²) in [5, 5.41) is 10.2. The first-order valence-corrected chi connectivity index (χ1v) is 5.03. The first kappa shape index (κ1) is 10.3. The minimum atomic E-state index is 0.129. The van der Waals surface area contributed by atoms with Crippen molar-refractivity contribution in [1.29, 1.82) is 0 Å². The molecule has 0 radical (unpaired) electrons. The van der Waals surface area contributed by atoms with Gasteiger partial charge in [-0.25, -0.2) is 0 Å². The summed E-state index contributed by atoms with van der Waals surface area (Å²) in [6, 6.07) is 8.46. The van der Waals surface area contributed by atoms with Gasteiger partial charge in [0.2, 0.25) is 0 Å². The second-order valence-corrected chi connectivity index (χ2v) is 3.87. The van der Waals surface area contributed by atoms with Crippen LogP contribution in [-0.2, 0) is 0 Å². The highest BCUT2D eigenvalue weighted by Crippen LogP contribution is 2.29. The van der Waals surface area contributed by atoms with E-state index in [0.29, 0.717) is 15.7 Å². The van der Waals surface area contributed by atoms with Crippen LogP contribution in [0.5, 0.6) is 5.75 Å². The molecular formula is C11H7Cl2NO. The van der Waals surface area contributed by atoms with E-state index in [4.69, 9.17) is 28.3 Å². The molecule has 1 N–H and O–H groups in total. The summed E-state index contributed by atoms with van der Waals surface area (Å²) in [5.74, 6) is 0.129. The first-order chi connectivity index (χ1) is 7.16. The van der Waals surface area contributed by atoms with Crippen LogP contribution in [0.15, 0.2) is 36.5 Å². The van der Waals surface area contributed by atoms with Crippen LogP contribution in [0.25, 0.3) is 11.3 Å². The van der Waals surface area contributed by atoms with Gasteiger partial charge in [0.15, 0.2) is 0 Å². The van der Waals surface area contributed by atoms with Gasteiger partial charge in [0.05, 0.1) is 16.9 Å². The number of aromatic hydroxyl groups is 1. The Bertz CT molecular complexity index is 482. The van der Waals surface area contributed by atoms with Gasteiger partial charge < -0.3 is 5.11 Å². The molecule has 0 aliphatic rings. The monoisotopic (exact) mass is 239 g/mol. The van der Waals surface area contributed by atoms with Crippen molar-refractivity contribution in [2.75, 3.05) is 0 Å². The summed E-state index contributed by atoms with van der Waals surface area (Å²) in [6.45, 7) is 0. The van der Waals surface area contributed by atoms with Crippen molar-refractivity contribution < 1.29 is 5.11 Å². The van der Waals surface area contributed by atoms with Gasteiger partial charge in [-0.05, 0) is 30.3 Å². The average Bonchev–Trinajstić information content (AvgIpc) is 2.20. The maximum atomic E-state index is 9.10. The number of aromatic nitrogens is 1. The van der Waals surface area contributed by atoms with Crippen LogP contribution in [0.4, 0.5) is 0 Å². The van der Waals surface area contributed by atoms with Crippen molar-refractivity contribution in [3.63, 3.8) is 0 Å². The number of hydrogen-bond donors (Lipinski definition) is 1. The minimum absolute atomic E-state index is 0.129. The Kier molecular flexibility index (Phi) is 2.80. The zero-order chi connectivity index (χ0) is 10.8. The fraction of sp³-hybridized carbons (Fsp3) is 0. The van der Waals surface area contributed by atoms with Gasteiger partial charge in [-0.2, -0.15) is 0 Å². The third-order valence-electron chi connectivity index (χ3n) is 1.95. The molecule has 0 aliphatic carbocycles. The van der Waals surface area contributed by atoms with Crippen LogP contribution in [0.3, 0.4) is 0 Å². The van der Waals surface area contributed by atoms with E-state index in [-0.39, 0.29) is 5.75 Å². The van der Waals surface area contributed by atoms with Gasteiger partial charge in [-0.1, -0.05) is 23.2 Å². The van der Waals surface area contributed by atoms with Gasteiger partial charge in [0.25, 0.3) is 0 Å². The highest BCUT2D eigenvalue weighted by Gasteiger charge is 2.05. The van der Waals surface area contributed by atoms with Crippen LogP contribution < -0.4 is 0 Å². The lowest BCUT2D eigenvalue weighted by Crippen LogP contribution is -1.83. The smallest absolute Gasteiger partial charge is 0.133 e. The van der Waals surface area contributed by atoms with Crippen molar-refractivity contribution in [3.8, 4) is 17.0 Å². The highest BCUT2D eigenvalue weighted by atomic mass is 35.5. The van der Waals surface area contributed by atoms with Gasteiger partial charge >= 0.3 is 0 Å². The molecule has 2 rings (SSSR count). The standard InChI is InChI=1S/C11H7Cl2NO/c12-7-1-3-9(10(13)5-7)11-4-2-8(15)6-14-11/h1-6,15H. The Morgan fingerprint density at radius 1 is 1.07 bits per heavy atom. The molecule has 76 valence electrons.